The van der Waals surface area contributed by atoms with Gasteiger partial charge in [-0.15, -0.1) is 0 Å². The summed E-state index contributed by atoms with van der Waals surface area (Å²) < 4.78 is 5.79. The van der Waals surface area contributed by atoms with Crippen LogP contribution in [0.2, 0.25) is 0 Å². The van der Waals surface area contributed by atoms with Gasteiger partial charge < -0.3 is 15.0 Å². The first-order valence-corrected chi connectivity index (χ1v) is 7.85. The lowest BCUT2D eigenvalue weighted by Crippen LogP contribution is -2.52. The van der Waals surface area contributed by atoms with E-state index in [1.54, 1.807) is 0 Å². The highest BCUT2D eigenvalue weighted by atomic mass is 16.5. The maximum Gasteiger partial charge on any atom is 0.240 e. The van der Waals surface area contributed by atoms with Gasteiger partial charge in [0, 0.05) is 32.7 Å². The van der Waals surface area contributed by atoms with E-state index in [9.17, 15) is 4.79 Å². The van der Waals surface area contributed by atoms with Crippen LogP contribution in [0.25, 0.3) is 0 Å². The summed E-state index contributed by atoms with van der Waals surface area (Å²) in [7, 11) is 0. The number of hydrogen-bond donors (Lipinski definition) is 1. The molecule has 0 saturated carbocycles. The van der Waals surface area contributed by atoms with Crippen molar-refractivity contribution >= 4 is 5.91 Å². The third kappa shape index (κ3) is 4.43. The van der Waals surface area contributed by atoms with Crippen molar-refractivity contribution in [3.05, 3.63) is 0 Å². The molecule has 1 atom stereocenters. The highest BCUT2D eigenvalue weighted by Gasteiger charge is 2.33. The smallest absolute Gasteiger partial charge is 0.240 e. The van der Waals surface area contributed by atoms with Crippen molar-refractivity contribution < 1.29 is 9.53 Å². The van der Waals surface area contributed by atoms with Crippen LogP contribution in [0.15, 0.2) is 0 Å². The van der Waals surface area contributed by atoms with Crippen molar-refractivity contribution in [2.45, 2.75) is 45.3 Å². The van der Waals surface area contributed by atoms with Crippen LogP contribution in [0.1, 0.15) is 33.6 Å². The minimum Gasteiger partial charge on any atom is -0.375 e. The van der Waals surface area contributed by atoms with Crippen molar-refractivity contribution in [1.29, 1.82) is 0 Å². The van der Waals surface area contributed by atoms with Gasteiger partial charge in [0.2, 0.25) is 5.91 Å². The van der Waals surface area contributed by atoms with E-state index in [-0.39, 0.29) is 11.6 Å². The van der Waals surface area contributed by atoms with Crippen LogP contribution in [0.3, 0.4) is 0 Å². The molecule has 0 aliphatic carbocycles. The summed E-state index contributed by atoms with van der Waals surface area (Å²) in [5.74, 6) is 0.319. The minimum atomic E-state index is -0.0994. The second-order valence-corrected chi connectivity index (χ2v) is 6.73. The molecule has 0 spiro atoms. The molecule has 2 aliphatic heterocycles. The predicted molar refractivity (Wildman–Crippen MR) is 79.7 cm³/mol. The van der Waals surface area contributed by atoms with Gasteiger partial charge in [-0.2, -0.15) is 0 Å². The molecule has 1 unspecified atom stereocenters. The largest absolute Gasteiger partial charge is 0.375 e. The van der Waals surface area contributed by atoms with Crippen LogP contribution < -0.4 is 5.32 Å². The number of nitrogens with one attached hydrogen (secondary N) is 1. The number of amides is 1. The molecule has 116 valence electrons. The highest BCUT2D eigenvalue weighted by molar-refractivity contribution is 5.82. The molecule has 2 fully saturated rings. The quantitative estimate of drug-likeness (QED) is 0.825. The number of hydrogen-bond acceptors (Lipinski definition) is 4. The van der Waals surface area contributed by atoms with Crippen LogP contribution in [0.5, 0.6) is 0 Å². The van der Waals surface area contributed by atoms with E-state index in [1.807, 2.05) is 4.90 Å². The summed E-state index contributed by atoms with van der Waals surface area (Å²) in [6.45, 7) is 12.3. The second kappa shape index (κ2) is 6.87. The molecule has 5 nitrogen and oxygen atoms in total. The first-order chi connectivity index (χ1) is 9.47. The lowest BCUT2D eigenvalue weighted by Gasteiger charge is -2.33. The van der Waals surface area contributed by atoms with Crippen LogP contribution in [0.4, 0.5) is 0 Å². The lowest BCUT2D eigenvalue weighted by atomic mass is 10.1. The van der Waals surface area contributed by atoms with E-state index < -0.39 is 0 Å². The Morgan fingerprint density at radius 1 is 1.25 bits per heavy atom. The maximum atomic E-state index is 12.6. The van der Waals surface area contributed by atoms with E-state index >= 15 is 0 Å². The van der Waals surface area contributed by atoms with Crippen molar-refractivity contribution in [2.75, 3.05) is 45.9 Å². The summed E-state index contributed by atoms with van der Waals surface area (Å²) in [5.41, 5.74) is -0.0994. The monoisotopic (exact) mass is 283 g/mol. The fourth-order valence-corrected chi connectivity index (χ4v) is 2.94. The zero-order valence-corrected chi connectivity index (χ0v) is 13.2. The van der Waals surface area contributed by atoms with Crippen molar-refractivity contribution in [1.82, 2.24) is 15.1 Å². The zero-order chi connectivity index (χ0) is 14.6. The molecule has 1 N–H and O–H groups in total. The number of likely N-dealkylation sites (tertiary alicyclic amines) is 1. The van der Waals surface area contributed by atoms with E-state index in [0.29, 0.717) is 12.5 Å². The van der Waals surface area contributed by atoms with Gasteiger partial charge in [0.1, 0.15) is 0 Å². The van der Waals surface area contributed by atoms with E-state index in [0.717, 1.165) is 52.1 Å². The van der Waals surface area contributed by atoms with Gasteiger partial charge in [-0.3, -0.25) is 9.69 Å². The lowest BCUT2D eigenvalue weighted by molar-refractivity contribution is -0.137. The van der Waals surface area contributed by atoms with Crippen LogP contribution in [-0.2, 0) is 9.53 Å². The first-order valence-electron chi connectivity index (χ1n) is 7.85. The topological polar surface area (TPSA) is 44.8 Å². The van der Waals surface area contributed by atoms with Crippen molar-refractivity contribution in [2.24, 2.45) is 0 Å². The van der Waals surface area contributed by atoms with Gasteiger partial charge in [-0.1, -0.05) is 0 Å². The Hall–Kier alpha value is -0.650. The zero-order valence-electron chi connectivity index (χ0n) is 13.2. The third-order valence-electron chi connectivity index (χ3n) is 3.99. The fraction of sp³-hybridized carbons (Fsp3) is 0.933. The van der Waals surface area contributed by atoms with E-state index in [4.69, 9.17) is 4.74 Å². The van der Waals surface area contributed by atoms with Crippen LogP contribution in [0, 0.1) is 0 Å². The molecule has 0 aromatic carbocycles. The van der Waals surface area contributed by atoms with Gasteiger partial charge in [-0.25, -0.2) is 0 Å². The van der Waals surface area contributed by atoms with Gasteiger partial charge in [0.15, 0.2) is 0 Å². The summed E-state index contributed by atoms with van der Waals surface area (Å²) in [4.78, 5) is 16.9. The van der Waals surface area contributed by atoms with Gasteiger partial charge in [0.25, 0.3) is 0 Å². The Labute approximate surface area is 122 Å². The highest BCUT2D eigenvalue weighted by Crippen LogP contribution is 2.19. The summed E-state index contributed by atoms with van der Waals surface area (Å²) in [5, 5.41) is 3.29. The molecule has 2 heterocycles. The predicted octanol–water partition coefficient (Wildman–Crippen LogP) is 0.698. The number of ether oxygens (including phenoxy) is 1. The molecule has 2 saturated heterocycles. The Morgan fingerprint density at radius 3 is 2.60 bits per heavy atom. The van der Waals surface area contributed by atoms with Crippen LogP contribution >= 0.6 is 0 Å². The maximum absolute atomic E-state index is 12.6. The standard InChI is InChI=1S/C15H29N3O2/c1-15(2,3)20-12-11-17-8-4-5-13(17)14(19)18-9-6-16-7-10-18/h13,16H,4-12H2,1-3H3. The average molecular weight is 283 g/mol. The number of carbonyl (C=O) groups excluding carboxylic acids is 1. The van der Waals surface area contributed by atoms with E-state index in [2.05, 4.69) is 31.0 Å². The Morgan fingerprint density at radius 2 is 1.95 bits per heavy atom. The minimum absolute atomic E-state index is 0.0802. The molecule has 0 aromatic heterocycles. The molecule has 0 radical (unpaired) electrons. The summed E-state index contributed by atoms with van der Waals surface area (Å²) in [6, 6.07) is 0.0802. The molecule has 2 aliphatic rings. The third-order valence-corrected chi connectivity index (χ3v) is 3.99. The first kappa shape index (κ1) is 15.7. The Balaban J connectivity index is 1.81. The summed E-state index contributed by atoms with van der Waals surface area (Å²) in [6.07, 6.45) is 2.12. The molecule has 1 amide bonds. The molecular weight excluding hydrogens is 254 g/mol. The summed E-state index contributed by atoms with van der Waals surface area (Å²) >= 11 is 0. The fourth-order valence-electron chi connectivity index (χ4n) is 2.94. The SMILES string of the molecule is CC(C)(C)OCCN1CCCC1C(=O)N1CCNCC1. The van der Waals surface area contributed by atoms with Crippen molar-refractivity contribution in [3.63, 3.8) is 0 Å². The van der Waals surface area contributed by atoms with E-state index in [1.165, 1.54) is 0 Å². The number of piperazine rings is 1. The van der Waals surface area contributed by atoms with Crippen LogP contribution in [-0.4, -0.2) is 73.2 Å². The molecular formula is C15H29N3O2. The molecule has 0 aromatic rings. The Kier molecular flexibility index (Phi) is 5.41. The molecule has 0 bridgehead atoms. The van der Waals surface area contributed by atoms with Gasteiger partial charge >= 0.3 is 0 Å². The average Bonchev–Trinajstić information content (AvgIpc) is 2.86. The van der Waals surface area contributed by atoms with Gasteiger partial charge in [0.05, 0.1) is 18.2 Å². The van der Waals surface area contributed by atoms with Crippen molar-refractivity contribution in [3.8, 4) is 0 Å². The second-order valence-electron chi connectivity index (χ2n) is 6.73. The van der Waals surface area contributed by atoms with Gasteiger partial charge in [-0.05, 0) is 40.2 Å². The Bertz CT molecular complexity index is 322. The molecule has 20 heavy (non-hydrogen) atoms. The number of carbonyl (C=O) groups is 1. The molecule has 5 heteroatoms. The molecule has 2 rings (SSSR count). The number of nitrogens with zero attached hydrogens (tertiary/aromatic N) is 2. The normalized spacial score (nSPS) is 25.1. The number of rotatable bonds is 4.